The molecule has 0 aromatic heterocycles. The number of fused-ring (bicyclic) bond motifs is 3. The van der Waals surface area contributed by atoms with Crippen LogP contribution in [0.3, 0.4) is 0 Å². The minimum absolute atomic E-state index is 0.461. The van der Waals surface area contributed by atoms with Crippen LogP contribution in [0.2, 0.25) is 0 Å². The topological polar surface area (TPSA) is 29.5 Å². The summed E-state index contributed by atoms with van der Waals surface area (Å²) >= 11 is 0. The van der Waals surface area contributed by atoms with Gasteiger partial charge in [0, 0.05) is 39.3 Å². The minimum atomic E-state index is -4.13. The predicted octanol–water partition coefficient (Wildman–Crippen LogP) is 5.74. The van der Waals surface area contributed by atoms with Crippen molar-refractivity contribution in [2.75, 3.05) is 0 Å². The summed E-state index contributed by atoms with van der Waals surface area (Å²) in [5, 5.41) is 11.2. The third-order valence-electron chi connectivity index (χ3n) is 3.62. The van der Waals surface area contributed by atoms with Crippen LogP contribution in [0.15, 0.2) is 23.7 Å². The molecule has 2 aliphatic rings. The maximum Gasteiger partial charge on any atom is 0.127 e. The van der Waals surface area contributed by atoms with Crippen LogP contribution in [0.1, 0.15) is 103 Å². The van der Waals surface area contributed by atoms with Gasteiger partial charge in [0.15, 0.2) is 0 Å². The Morgan fingerprint density at radius 1 is 1.52 bits per heavy atom. The van der Waals surface area contributed by atoms with E-state index in [0.717, 1.165) is 20.8 Å². The van der Waals surface area contributed by atoms with Crippen molar-refractivity contribution in [1.29, 1.82) is 0 Å². The average molecular weight is 334 g/mol. The standard InChI is InChI=1S/C21H30O2/c1-5-6-7-8-15-12-18(22)20-16-11-14(2)9-10-17(16)21(3,4)23-19(20)13-15/h11-13,16-17,22H,5-10H2,1-4H3/t16-,17-/m1/s1/i1D3,5D2,6D2,7D2,8D2,9D2,10D2,11D,12D,13D,17D. The summed E-state index contributed by atoms with van der Waals surface area (Å²) in [7, 11) is 0. The highest BCUT2D eigenvalue weighted by atomic mass is 16.5. The van der Waals surface area contributed by atoms with E-state index in [-0.39, 0.29) is 0 Å². The average Bonchev–Trinajstić information content (AvgIpc) is 2.80. The summed E-state index contributed by atoms with van der Waals surface area (Å²) < 4.78 is 162. The summed E-state index contributed by atoms with van der Waals surface area (Å²) in [6.45, 7) is -0.402. The van der Waals surface area contributed by atoms with Crippen molar-refractivity contribution in [3.05, 3.63) is 34.8 Å². The smallest absolute Gasteiger partial charge is 0.127 e. The normalized spacial score (nSPS) is 48.3. The van der Waals surface area contributed by atoms with Gasteiger partial charge >= 0.3 is 0 Å². The summed E-state index contributed by atoms with van der Waals surface area (Å²) in [4.78, 5) is 0. The number of phenolic OH excluding ortho intramolecular Hbond substituents is 1. The lowest BCUT2D eigenvalue weighted by molar-refractivity contribution is 0.0107. The summed E-state index contributed by atoms with van der Waals surface area (Å²) in [5.74, 6) is -6.71. The van der Waals surface area contributed by atoms with Crippen molar-refractivity contribution >= 4 is 0 Å². The number of phenols is 1. The molecule has 0 saturated heterocycles. The van der Waals surface area contributed by atoms with E-state index in [2.05, 4.69) is 0 Å². The first-order valence-electron chi connectivity index (χ1n) is 16.5. The molecule has 0 radical (unpaired) electrons. The predicted molar refractivity (Wildman–Crippen MR) is 95.3 cm³/mol. The van der Waals surface area contributed by atoms with Gasteiger partial charge in [0.1, 0.15) is 17.1 Å². The quantitative estimate of drug-likeness (QED) is 0.712. The number of ether oxygens (including phenoxy) is 1. The van der Waals surface area contributed by atoms with E-state index in [0.29, 0.717) is 0 Å². The highest BCUT2D eigenvalue weighted by Gasteiger charge is 2.45. The van der Waals surface area contributed by atoms with Crippen molar-refractivity contribution in [2.45, 2.75) is 77.4 Å². The second kappa shape index (κ2) is 6.22. The third kappa shape index (κ3) is 3.13. The van der Waals surface area contributed by atoms with Gasteiger partial charge in [-0.25, -0.2) is 0 Å². The fourth-order valence-corrected chi connectivity index (χ4v) is 2.62. The van der Waals surface area contributed by atoms with Crippen LogP contribution in [-0.4, -0.2) is 10.7 Å². The highest BCUT2D eigenvalue weighted by molar-refractivity contribution is 5.53. The van der Waals surface area contributed by atoms with Gasteiger partial charge in [-0.3, -0.25) is 0 Å². The fourth-order valence-electron chi connectivity index (χ4n) is 2.62. The molecule has 1 aliphatic carbocycles. The van der Waals surface area contributed by atoms with Gasteiger partial charge in [-0.15, -0.1) is 0 Å². The van der Waals surface area contributed by atoms with Crippen LogP contribution in [-0.2, 0) is 6.37 Å². The number of benzene rings is 1. The molecule has 2 atom stereocenters. The van der Waals surface area contributed by atoms with Gasteiger partial charge in [-0.05, 0) is 63.9 Å². The largest absolute Gasteiger partial charge is 0.507 e. The Morgan fingerprint density at radius 3 is 3.13 bits per heavy atom. The van der Waals surface area contributed by atoms with Crippen molar-refractivity contribution in [1.82, 2.24) is 0 Å². The van der Waals surface area contributed by atoms with E-state index in [1.54, 1.807) is 0 Å². The Labute approximate surface area is 167 Å². The lowest BCUT2D eigenvalue weighted by atomic mass is 9.68. The van der Waals surface area contributed by atoms with E-state index < -0.39 is 109 Å². The lowest BCUT2D eigenvalue weighted by Crippen LogP contribution is -2.45. The van der Waals surface area contributed by atoms with Crippen LogP contribution < -0.4 is 4.74 Å². The van der Waals surface area contributed by atoms with Crippen LogP contribution in [0.25, 0.3) is 0 Å². The molecule has 0 spiro atoms. The molecule has 0 unspecified atom stereocenters. The van der Waals surface area contributed by atoms with Crippen molar-refractivity contribution in [3.63, 3.8) is 0 Å². The first-order valence-corrected chi connectivity index (χ1v) is 7.00. The Bertz CT molecular complexity index is 1360. The molecule has 23 heavy (non-hydrogen) atoms. The molecule has 1 aliphatic heterocycles. The third-order valence-corrected chi connectivity index (χ3v) is 3.62. The van der Waals surface area contributed by atoms with Gasteiger partial charge in [0.2, 0.25) is 0 Å². The molecule has 0 fully saturated rings. The number of aromatic hydroxyl groups is 1. The van der Waals surface area contributed by atoms with Gasteiger partial charge in [0.05, 0.1) is 4.11 Å². The molecule has 2 nitrogen and oxygen atoms in total. The zero-order valence-corrected chi connectivity index (χ0v) is 12.9. The maximum absolute atomic E-state index is 11.2. The van der Waals surface area contributed by atoms with E-state index in [1.165, 1.54) is 0 Å². The summed E-state index contributed by atoms with van der Waals surface area (Å²) in [6.07, 6.45) is -22.1. The Hall–Kier alpha value is -1.44. The van der Waals surface area contributed by atoms with E-state index in [4.69, 9.17) is 29.4 Å². The van der Waals surface area contributed by atoms with Crippen LogP contribution in [0.4, 0.5) is 0 Å². The van der Waals surface area contributed by atoms with E-state index in [1.807, 2.05) is 0 Å². The lowest BCUT2D eigenvalue weighted by Gasteiger charge is -2.46. The Balaban J connectivity index is 2.46. The number of rotatable bonds is 4. The van der Waals surface area contributed by atoms with Gasteiger partial charge in [0.25, 0.3) is 0 Å². The zero-order chi connectivity index (χ0) is 33.4. The van der Waals surface area contributed by atoms with E-state index >= 15 is 0 Å². The highest BCUT2D eigenvalue weighted by Crippen LogP contribution is 2.53. The van der Waals surface area contributed by atoms with Gasteiger partial charge < -0.3 is 9.84 Å². The van der Waals surface area contributed by atoms with Crippen LogP contribution in [0.5, 0.6) is 11.5 Å². The fraction of sp³-hybridized carbons (Fsp3) is 0.619. The van der Waals surface area contributed by atoms with Crippen molar-refractivity contribution in [3.8, 4) is 11.5 Å². The minimum Gasteiger partial charge on any atom is -0.507 e. The summed E-state index contributed by atoms with van der Waals surface area (Å²) in [5.41, 5.74) is -4.65. The molecule has 2 heteroatoms. The van der Waals surface area contributed by atoms with Crippen LogP contribution in [0, 0.1) is 5.89 Å². The molecule has 1 heterocycles. The molecule has 0 saturated carbocycles. The van der Waals surface area contributed by atoms with Gasteiger partial charge in [-0.1, -0.05) is 31.2 Å². The molecular weight excluding hydrogens is 284 g/mol. The second-order valence-electron chi connectivity index (χ2n) is 5.69. The molecular formula is C21H30O2. The van der Waals surface area contributed by atoms with Gasteiger partial charge in [-0.2, -0.15) is 0 Å². The molecule has 0 bridgehead atoms. The SMILES string of the molecule is [2H]C1=C(C)C([2H])([2H])C([2H])([2H])[C@]2([2H])[C@@H]1c1c(O)c([2H])c(C([2H])([2H])C([2H])([2H])C([2H])([2H])C([2H])([2H])C([2H])([2H])[2H])c([2H])c1OC2(C)C. The van der Waals surface area contributed by atoms with E-state index in [9.17, 15) is 6.48 Å². The first kappa shape index (κ1) is 5.03. The number of hydrogen-bond donors (Lipinski definition) is 1. The second-order valence-corrected chi connectivity index (χ2v) is 5.69. The molecule has 1 aromatic rings. The molecule has 1 N–H and O–H groups in total. The maximum atomic E-state index is 11.2. The summed E-state index contributed by atoms with van der Waals surface area (Å²) in [6, 6.07) is -3.21. The Kier molecular flexibility index (Phi) is 1.36. The zero-order valence-electron chi connectivity index (χ0n) is 31.9. The van der Waals surface area contributed by atoms with Crippen LogP contribution >= 0.6 is 0 Å². The van der Waals surface area contributed by atoms with Crippen molar-refractivity contribution < 1.29 is 35.9 Å². The Morgan fingerprint density at radius 2 is 2.35 bits per heavy atom. The van der Waals surface area contributed by atoms with Crippen molar-refractivity contribution in [2.24, 2.45) is 5.89 Å². The monoisotopic (exact) mass is 333 g/mol. The molecule has 3 rings (SSSR count). The number of hydrogen-bond acceptors (Lipinski definition) is 2. The molecule has 1 aromatic carbocycles. The number of allylic oxidation sites excluding steroid dienone is 2. The molecule has 0 amide bonds. The molecule has 126 valence electrons. The first-order chi connectivity index (χ1) is 18.3.